The van der Waals surface area contributed by atoms with E-state index in [-0.39, 0.29) is 0 Å². The number of hydrogen-bond acceptors (Lipinski definition) is 2. The molecule has 1 aromatic heterocycles. The first-order chi connectivity index (χ1) is 7.10. The quantitative estimate of drug-likeness (QED) is 0.802. The fraction of sp³-hybridized carbons (Fsp3) is 0.545. The molecule has 0 saturated heterocycles. The van der Waals surface area contributed by atoms with Gasteiger partial charge < -0.3 is 9.67 Å². The Hall–Kier alpha value is -1.29. The van der Waals surface area contributed by atoms with E-state index in [1.54, 1.807) is 17.7 Å². The van der Waals surface area contributed by atoms with Crippen molar-refractivity contribution in [1.82, 2.24) is 9.47 Å². The van der Waals surface area contributed by atoms with E-state index in [2.05, 4.69) is 18.7 Å². The number of aromatic carboxylic acids is 1. The molecule has 1 N–H and O–H groups in total. The lowest BCUT2D eigenvalue weighted by atomic mass is 10.3. The molecule has 0 saturated carbocycles. The van der Waals surface area contributed by atoms with E-state index in [9.17, 15) is 4.79 Å². The molecule has 0 spiro atoms. The zero-order valence-corrected chi connectivity index (χ0v) is 9.53. The van der Waals surface area contributed by atoms with Crippen molar-refractivity contribution in [3.63, 3.8) is 0 Å². The van der Waals surface area contributed by atoms with Crippen molar-refractivity contribution in [2.45, 2.75) is 20.4 Å². The predicted octanol–water partition coefficient (Wildman–Crippen LogP) is 1.57. The van der Waals surface area contributed by atoms with Crippen LogP contribution in [0.2, 0.25) is 0 Å². The molecule has 0 bridgehead atoms. The highest BCUT2D eigenvalue weighted by molar-refractivity contribution is 5.86. The molecule has 0 fully saturated rings. The van der Waals surface area contributed by atoms with Crippen LogP contribution in [0.3, 0.4) is 0 Å². The molecule has 0 aliphatic heterocycles. The lowest BCUT2D eigenvalue weighted by Gasteiger charge is -2.18. The van der Waals surface area contributed by atoms with E-state index in [1.807, 2.05) is 6.07 Å². The van der Waals surface area contributed by atoms with Gasteiger partial charge in [0.2, 0.25) is 0 Å². The summed E-state index contributed by atoms with van der Waals surface area (Å²) < 4.78 is 1.74. The molecule has 0 amide bonds. The van der Waals surface area contributed by atoms with Gasteiger partial charge in [-0.25, -0.2) is 4.79 Å². The first kappa shape index (κ1) is 11.8. The highest BCUT2D eigenvalue weighted by atomic mass is 16.4. The second-order valence-corrected chi connectivity index (χ2v) is 3.54. The lowest BCUT2D eigenvalue weighted by Crippen LogP contribution is -2.23. The average molecular weight is 210 g/mol. The Balaban J connectivity index is 2.82. The molecule has 15 heavy (non-hydrogen) atoms. The largest absolute Gasteiger partial charge is 0.477 e. The molecule has 0 unspecified atom stereocenters. The fourth-order valence-corrected chi connectivity index (χ4v) is 1.60. The fourth-order valence-electron chi connectivity index (χ4n) is 1.60. The van der Waals surface area contributed by atoms with Crippen LogP contribution in [0.4, 0.5) is 0 Å². The van der Waals surface area contributed by atoms with E-state index in [0.717, 1.165) is 25.3 Å². The van der Waals surface area contributed by atoms with Gasteiger partial charge in [0.05, 0.1) is 0 Å². The summed E-state index contributed by atoms with van der Waals surface area (Å²) in [6, 6.07) is 3.53. The number of rotatable bonds is 5. The third kappa shape index (κ3) is 2.59. The zero-order chi connectivity index (χ0) is 11.4. The second kappa shape index (κ2) is 4.98. The monoisotopic (exact) mass is 210 g/mol. The van der Waals surface area contributed by atoms with E-state index in [1.165, 1.54) is 0 Å². The molecule has 0 aliphatic carbocycles. The van der Waals surface area contributed by atoms with Crippen LogP contribution in [0.15, 0.2) is 12.1 Å². The Morgan fingerprint density at radius 2 is 2.00 bits per heavy atom. The highest BCUT2D eigenvalue weighted by Gasteiger charge is 2.12. The van der Waals surface area contributed by atoms with Gasteiger partial charge in [-0.1, -0.05) is 13.8 Å². The summed E-state index contributed by atoms with van der Waals surface area (Å²) in [5.74, 6) is -0.872. The number of carboxylic acids is 1. The molecule has 0 atom stereocenters. The summed E-state index contributed by atoms with van der Waals surface area (Å²) in [5, 5.41) is 8.89. The number of carbonyl (C=O) groups is 1. The molecule has 0 aliphatic rings. The van der Waals surface area contributed by atoms with Crippen molar-refractivity contribution >= 4 is 5.97 Å². The van der Waals surface area contributed by atoms with Gasteiger partial charge in [-0.15, -0.1) is 0 Å². The van der Waals surface area contributed by atoms with Gasteiger partial charge in [-0.05, 0) is 25.2 Å². The second-order valence-electron chi connectivity index (χ2n) is 3.54. The van der Waals surface area contributed by atoms with Gasteiger partial charge >= 0.3 is 5.97 Å². The van der Waals surface area contributed by atoms with Gasteiger partial charge in [0.1, 0.15) is 5.69 Å². The Morgan fingerprint density at radius 1 is 1.40 bits per heavy atom. The minimum absolute atomic E-state index is 0.345. The van der Waals surface area contributed by atoms with Crippen LogP contribution in [0.25, 0.3) is 0 Å². The molecular formula is C11H18N2O2. The average Bonchev–Trinajstić information content (AvgIpc) is 2.56. The van der Waals surface area contributed by atoms with Gasteiger partial charge in [-0.3, -0.25) is 4.90 Å². The van der Waals surface area contributed by atoms with Crippen LogP contribution in [0.5, 0.6) is 0 Å². The molecule has 0 radical (unpaired) electrons. The number of nitrogens with zero attached hydrogens (tertiary/aromatic N) is 2. The van der Waals surface area contributed by atoms with Crippen LogP contribution in [0.1, 0.15) is 30.0 Å². The van der Waals surface area contributed by atoms with E-state index < -0.39 is 5.97 Å². The van der Waals surface area contributed by atoms with Crippen molar-refractivity contribution in [1.29, 1.82) is 0 Å². The summed E-state index contributed by atoms with van der Waals surface area (Å²) >= 11 is 0. The van der Waals surface area contributed by atoms with Crippen LogP contribution < -0.4 is 0 Å². The van der Waals surface area contributed by atoms with Crippen LogP contribution >= 0.6 is 0 Å². The molecule has 4 heteroatoms. The molecular weight excluding hydrogens is 192 g/mol. The maximum Gasteiger partial charge on any atom is 0.352 e. The van der Waals surface area contributed by atoms with E-state index in [0.29, 0.717) is 5.69 Å². The number of carboxylic acid groups (broad SMARTS) is 1. The van der Waals surface area contributed by atoms with E-state index >= 15 is 0 Å². The normalized spacial score (nSPS) is 10.9. The summed E-state index contributed by atoms with van der Waals surface area (Å²) in [6.07, 6.45) is 0. The maximum atomic E-state index is 10.8. The molecule has 0 aromatic carbocycles. The molecule has 4 nitrogen and oxygen atoms in total. The van der Waals surface area contributed by atoms with Gasteiger partial charge in [0.15, 0.2) is 0 Å². The number of hydrogen-bond donors (Lipinski definition) is 1. The predicted molar refractivity (Wildman–Crippen MR) is 59.0 cm³/mol. The van der Waals surface area contributed by atoms with E-state index in [4.69, 9.17) is 5.11 Å². The van der Waals surface area contributed by atoms with Crippen molar-refractivity contribution in [3.05, 3.63) is 23.5 Å². The molecule has 1 heterocycles. The van der Waals surface area contributed by atoms with Crippen molar-refractivity contribution in [2.75, 3.05) is 13.1 Å². The Bertz CT molecular complexity index is 340. The van der Waals surface area contributed by atoms with Crippen molar-refractivity contribution < 1.29 is 9.90 Å². The zero-order valence-electron chi connectivity index (χ0n) is 9.53. The minimum atomic E-state index is -0.872. The summed E-state index contributed by atoms with van der Waals surface area (Å²) in [4.78, 5) is 13.1. The summed E-state index contributed by atoms with van der Waals surface area (Å²) in [7, 11) is 1.79. The van der Waals surface area contributed by atoms with Crippen LogP contribution in [-0.4, -0.2) is 33.6 Å². The Labute approximate surface area is 90.1 Å². The maximum absolute atomic E-state index is 10.8. The van der Waals surface area contributed by atoms with Crippen molar-refractivity contribution in [3.8, 4) is 0 Å². The molecule has 1 aromatic rings. The first-order valence-corrected chi connectivity index (χ1v) is 5.20. The summed E-state index contributed by atoms with van der Waals surface area (Å²) in [5.41, 5.74) is 1.38. The van der Waals surface area contributed by atoms with Crippen molar-refractivity contribution in [2.24, 2.45) is 7.05 Å². The third-order valence-corrected chi connectivity index (χ3v) is 2.72. The van der Waals surface area contributed by atoms with Gasteiger partial charge in [0, 0.05) is 19.3 Å². The first-order valence-electron chi connectivity index (χ1n) is 5.20. The smallest absolute Gasteiger partial charge is 0.352 e. The molecule has 84 valence electrons. The Kier molecular flexibility index (Phi) is 3.91. The van der Waals surface area contributed by atoms with Gasteiger partial charge in [0.25, 0.3) is 0 Å². The third-order valence-electron chi connectivity index (χ3n) is 2.72. The minimum Gasteiger partial charge on any atom is -0.477 e. The molecule has 1 rings (SSSR count). The lowest BCUT2D eigenvalue weighted by molar-refractivity contribution is 0.0686. The van der Waals surface area contributed by atoms with Crippen LogP contribution in [0, 0.1) is 0 Å². The van der Waals surface area contributed by atoms with Gasteiger partial charge in [-0.2, -0.15) is 0 Å². The van der Waals surface area contributed by atoms with Crippen LogP contribution in [-0.2, 0) is 13.6 Å². The number of aromatic nitrogens is 1. The standard InChI is InChI=1S/C11H18N2O2/c1-4-13(5-2)8-9-6-7-10(11(14)15)12(9)3/h6-7H,4-5,8H2,1-3H3,(H,14,15). The topological polar surface area (TPSA) is 45.5 Å². The Morgan fingerprint density at radius 3 is 2.40 bits per heavy atom. The summed E-state index contributed by atoms with van der Waals surface area (Å²) in [6.45, 7) is 6.96. The highest BCUT2D eigenvalue weighted by Crippen LogP contribution is 2.09. The SMILES string of the molecule is CCN(CC)Cc1ccc(C(=O)O)n1C.